The van der Waals surface area contributed by atoms with Gasteiger partial charge in [-0.25, -0.2) is 0 Å². The molecule has 0 unspecified atom stereocenters. The number of anilines is 1. The van der Waals surface area contributed by atoms with E-state index in [2.05, 4.69) is 10.3 Å². The van der Waals surface area contributed by atoms with Gasteiger partial charge in [0.05, 0.1) is 22.9 Å². The third-order valence-corrected chi connectivity index (χ3v) is 2.88. The van der Waals surface area contributed by atoms with E-state index in [0.717, 1.165) is 23.1 Å². The van der Waals surface area contributed by atoms with E-state index in [1.165, 1.54) is 0 Å². The second-order valence-corrected chi connectivity index (χ2v) is 4.51. The largest absolute Gasteiger partial charge is 0.481 e. The number of hydrogen-bond acceptors (Lipinski definition) is 4. The smallest absolute Gasteiger partial charge is 0.313 e. The fraction of sp³-hybridized carbons (Fsp3) is 0.364. The molecule has 0 spiro atoms. The highest BCUT2D eigenvalue weighted by Crippen LogP contribution is 2.13. The summed E-state index contributed by atoms with van der Waals surface area (Å²) in [6.07, 6.45) is 0. The van der Waals surface area contributed by atoms with Gasteiger partial charge >= 0.3 is 5.97 Å². The first-order valence-electron chi connectivity index (χ1n) is 5.02. The van der Waals surface area contributed by atoms with Crippen molar-refractivity contribution in [3.8, 4) is 0 Å². The van der Waals surface area contributed by atoms with E-state index < -0.39 is 5.97 Å². The predicted octanol–water partition coefficient (Wildman–Crippen LogP) is 1.45. The van der Waals surface area contributed by atoms with Gasteiger partial charge in [-0.2, -0.15) is 0 Å². The van der Waals surface area contributed by atoms with E-state index in [1.807, 2.05) is 19.9 Å². The lowest BCUT2D eigenvalue weighted by molar-refractivity contribution is -0.133. The summed E-state index contributed by atoms with van der Waals surface area (Å²) in [5.74, 6) is -1.08. The zero-order chi connectivity index (χ0) is 12.8. The van der Waals surface area contributed by atoms with Crippen molar-refractivity contribution in [1.82, 2.24) is 4.98 Å². The highest BCUT2D eigenvalue weighted by Gasteiger charge is 2.07. The zero-order valence-electron chi connectivity index (χ0n) is 9.69. The van der Waals surface area contributed by atoms with Crippen LogP contribution in [-0.2, 0) is 9.59 Å². The molecule has 92 valence electrons. The second kappa shape index (κ2) is 6.24. The number of hydrogen-bond donors (Lipinski definition) is 2. The molecule has 0 atom stereocenters. The van der Waals surface area contributed by atoms with E-state index in [1.54, 1.807) is 6.07 Å². The van der Waals surface area contributed by atoms with Gasteiger partial charge in [-0.3, -0.25) is 14.6 Å². The van der Waals surface area contributed by atoms with Crippen LogP contribution < -0.4 is 5.32 Å². The molecule has 0 bridgehead atoms. The van der Waals surface area contributed by atoms with E-state index in [4.69, 9.17) is 5.11 Å². The molecular weight excluding hydrogens is 240 g/mol. The van der Waals surface area contributed by atoms with E-state index in [-0.39, 0.29) is 17.4 Å². The first-order chi connectivity index (χ1) is 7.99. The molecule has 1 aromatic heterocycles. The van der Waals surface area contributed by atoms with Crippen LogP contribution in [0, 0.1) is 13.8 Å². The Balaban J connectivity index is 2.48. The predicted molar refractivity (Wildman–Crippen MR) is 67.3 cm³/mol. The van der Waals surface area contributed by atoms with Crippen LogP contribution in [0.25, 0.3) is 0 Å². The Morgan fingerprint density at radius 3 is 2.65 bits per heavy atom. The van der Waals surface area contributed by atoms with Crippen molar-refractivity contribution >= 4 is 29.3 Å². The molecule has 1 heterocycles. The molecule has 0 aliphatic rings. The number of aryl methyl sites for hydroxylation is 2. The molecule has 0 aliphatic heterocycles. The minimum absolute atomic E-state index is 0.0709. The summed E-state index contributed by atoms with van der Waals surface area (Å²) in [6.45, 7) is 3.69. The number of rotatable bonds is 5. The van der Waals surface area contributed by atoms with Gasteiger partial charge in [-0.05, 0) is 26.0 Å². The monoisotopic (exact) mass is 254 g/mol. The van der Waals surface area contributed by atoms with Crippen LogP contribution in [0.3, 0.4) is 0 Å². The molecule has 1 amide bonds. The van der Waals surface area contributed by atoms with Crippen LogP contribution >= 0.6 is 11.8 Å². The Hall–Kier alpha value is -1.56. The van der Waals surface area contributed by atoms with Crippen LogP contribution in [0.1, 0.15) is 11.4 Å². The summed E-state index contributed by atoms with van der Waals surface area (Å²) in [7, 11) is 0. The summed E-state index contributed by atoms with van der Waals surface area (Å²) in [5.41, 5.74) is 2.30. The number of aliphatic carboxylic acids is 1. The van der Waals surface area contributed by atoms with Crippen LogP contribution in [-0.4, -0.2) is 33.5 Å². The highest BCUT2D eigenvalue weighted by molar-refractivity contribution is 8.00. The van der Waals surface area contributed by atoms with Crippen LogP contribution in [0.5, 0.6) is 0 Å². The average molecular weight is 254 g/mol. The number of nitrogens with one attached hydrogen (secondary N) is 1. The highest BCUT2D eigenvalue weighted by atomic mass is 32.2. The van der Waals surface area contributed by atoms with E-state index >= 15 is 0 Å². The van der Waals surface area contributed by atoms with Crippen LogP contribution in [0.4, 0.5) is 5.69 Å². The first kappa shape index (κ1) is 13.5. The first-order valence-corrected chi connectivity index (χ1v) is 6.18. The van der Waals surface area contributed by atoms with Gasteiger partial charge in [-0.1, -0.05) is 0 Å². The molecule has 1 aromatic rings. The fourth-order valence-electron chi connectivity index (χ4n) is 1.24. The summed E-state index contributed by atoms with van der Waals surface area (Å²) < 4.78 is 0. The van der Waals surface area contributed by atoms with E-state index in [0.29, 0.717) is 5.69 Å². The number of pyridine rings is 1. The van der Waals surface area contributed by atoms with Gasteiger partial charge in [0.15, 0.2) is 0 Å². The Morgan fingerprint density at radius 2 is 2.06 bits per heavy atom. The Labute approximate surface area is 104 Å². The lowest BCUT2D eigenvalue weighted by Gasteiger charge is -2.07. The van der Waals surface area contributed by atoms with Crippen molar-refractivity contribution in [2.24, 2.45) is 0 Å². The standard InChI is InChI=1S/C11H14N2O3S/c1-7-3-4-9(8(2)12-7)13-10(14)5-17-6-11(15)16/h3-4H,5-6H2,1-2H3,(H,13,14)(H,15,16). The molecule has 0 aliphatic carbocycles. The molecule has 2 N–H and O–H groups in total. The van der Waals surface area contributed by atoms with E-state index in [9.17, 15) is 9.59 Å². The minimum atomic E-state index is -0.920. The van der Waals surface area contributed by atoms with Crippen molar-refractivity contribution in [3.63, 3.8) is 0 Å². The average Bonchev–Trinajstić information content (AvgIpc) is 2.21. The number of aromatic nitrogens is 1. The molecule has 1 rings (SSSR count). The van der Waals surface area contributed by atoms with Crippen molar-refractivity contribution in [1.29, 1.82) is 0 Å². The molecule has 6 heteroatoms. The number of amides is 1. The molecule has 0 radical (unpaired) electrons. The summed E-state index contributed by atoms with van der Waals surface area (Å²) >= 11 is 1.07. The Bertz CT molecular complexity index is 435. The maximum absolute atomic E-state index is 11.5. The Kier molecular flexibility index (Phi) is 4.96. The number of nitrogens with zero attached hydrogens (tertiary/aromatic N) is 1. The fourth-order valence-corrected chi connectivity index (χ4v) is 1.77. The second-order valence-electron chi connectivity index (χ2n) is 3.52. The van der Waals surface area contributed by atoms with Gasteiger partial charge in [0.1, 0.15) is 0 Å². The summed E-state index contributed by atoms with van der Waals surface area (Å²) in [6, 6.07) is 3.60. The number of carbonyl (C=O) groups excluding carboxylic acids is 1. The number of carbonyl (C=O) groups is 2. The minimum Gasteiger partial charge on any atom is -0.481 e. The molecular formula is C11H14N2O3S. The molecule has 0 saturated heterocycles. The maximum atomic E-state index is 11.5. The SMILES string of the molecule is Cc1ccc(NC(=O)CSCC(=O)O)c(C)n1. The van der Waals surface area contributed by atoms with Gasteiger partial charge in [0, 0.05) is 5.69 Å². The third kappa shape index (κ3) is 4.86. The van der Waals surface area contributed by atoms with Crippen molar-refractivity contribution < 1.29 is 14.7 Å². The van der Waals surface area contributed by atoms with Gasteiger partial charge < -0.3 is 10.4 Å². The van der Waals surface area contributed by atoms with Crippen LogP contribution in [0.2, 0.25) is 0 Å². The van der Waals surface area contributed by atoms with Gasteiger partial charge in [0.2, 0.25) is 5.91 Å². The Morgan fingerprint density at radius 1 is 1.35 bits per heavy atom. The van der Waals surface area contributed by atoms with Gasteiger partial charge in [-0.15, -0.1) is 11.8 Å². The maximum Gasteiger partial charge on any atom is 0.313 e. The lowest BCUT2D eigenvalue weighted by atomic mass is 10.3. The molecule has 0 saturated carbocycles. The van der Waals surface area contributed by atoms with Crippen molar-refractivity contribution in [3.05, 3.63) is 23.5 Å². The molecule has 0 fully saturated rings. The summed E-state index contributed by atoms with van der Waals surface area (Å²) in [5, 5.41) is 11.1. The number of carboxylic acids is 1. The lowest BCUT2D eigenvalue weighted by Crippen LogP contribution is -2.16. The van der Waals surface area contributed by atoms with Crippen molar-refractivity contribution in [2.75, 3.05) is 16.8 Å². The van der Waals surface area contributed by atoms with Crippen LogP contribution in [0.15, 0.2) is 12.1 Å². The normalized spacial score (nSPS) is 10.0. The number of carboxylic acid groups (broad SMARTS) is 1. The summed E-state index contributed by atoms with van der Waals surface area (Å²) in [4.78, 5) is 26.0. The quantitative estimate of drug-likeness (QED) is 0.831. The molecule has 0 aromatic carbocycles. The zero-order valence-corrected chi connectivity index (χ0v) is 10.5. The third-order valence-electron chi connectivity index (χ3n) is 1.96. The number of thioether (sulfide) groups is 1. The molecule has 17 heavy (non-hydrogen) atoms. The van der Waals surface area contributed by atoms with Gasteiger partial charge in [0.25, 0.3) is 0 Å². The topological polar surface area (TPSA) is 79.3 Å². The van der Waals surface area contributed by atoms with Crippen molar-refractivity contribution in [2.45, 2.75) is 13.8 Å². The molecule has 5 nitrogen and oxygen atoms in total.